The highest BCUT2D eigenvalue weighted by atomic mass is 16.4. The standard InChI is InChI=1S/C20H32N6O10/c1-20(2,19(35)36)26-18(34)12(6-15(30)31)25-17(33)10(3-4-13(21)28)24-14(29)8-23-16(32)11-5-9(27)7-22-11/h9-12,22,27H,3-8H2,1-2H3,(H2,21,28)(H,23,32)(H,24,29)(H,25,33)(H,26,34)(H,30,31)(H,35,36)/t9-,10+,11+,12+/m1/s1. The minimum atomic E-state index is -1.78. The molecule has 1 fully saturated rings. The van der Waals surface area contributed by atoms with Gasteiger partial charge in [-0.15, -0.1) is 0 Å². The Balaban J connectivity index is 2.86. The lowest BCUT2D eigenvalue weighted by Crippen LogP contribution is -2.59. The molecule has 0 radical (unpaired) electrons. The number of aliphatic hydroxyl groups is 1. The number of nitrogens with two attached hydrogens (primary N) is 1. The quantitative estimate of drug-likeness (QED) is 0.106. The molecule has 16 nitrogen and oxygen atoms in total. The molecule has 0 aromatic rings. The van der Waals surface area contributed by atoms with E-state index in [9.17, 15) is 38.7 Å². The highest BCUT2D eigenvalue weighted by Crippen LogP contribution is 2.07. The van der Waals surface area contributed by atoms with Crippen LogP contribution in [0.5, 0.6) is 0 Å². The van der Waals surface area contributed by atoms with E-state index in [0.29, 0.717) is 0 Å². The molecule has 1 aliphatic rings. The summed E-state index contributed by atoms with van der Waals surface area (Å²) >= 11 is 0. The van der Waals surface area contributed by atoms with E-state index in [1.807, 2.05) is 0 Å². The maximum atomic E-state index is 12.8. The molecule has 202 valence electrons. The van der Waals surface area contributed by atoms with Crippen molar-refractivity contribution in [2.45, 2.75) is 69.3 Å². The highest BCUT2D eigenvalue weighted by molar-refractivity contribution is 5.96. The van der Waals surface area contributed by atoms with Gasteiger partial charge >= 0.3 is 11.9 Å². The lowest BCUT2D eigenvalue weighted by Gasteiger charge is -2.26. The molecule has 5 amide bonds. The number of aliphatic hydroxyl groups excluding tert-OH is 1. The number of β-amino-alcohol motifs (C(OH)–C–C–N with tert-alkyl or cyclic N) is 1. The van der Waals surface area contributed by atoms with E-state index in [-0.39, 0.29) is 25.8 Å². The van der Waals surface area contributed by atoms with E-state index in [2.05, 4.69) is 26.6 Å². The van der Waals surface area contributed by atoms with Crippen molar-refractivity contribution >= 4 is 41.5 Å². The van der Waals surface area contributed by atoms with Crippen LogP contribution in [0.2, 0.25) is 0 Å². The first-order valence-electron chi connectivity index (χ1n) is 11.0. The summed E-state index contributed by atoms with van der Waals surface area (Å²) in [7, 11) is 0. The number of carbonyl (C=O) groups is 7. The van der Waals surface area contributed by atoms with Crippen LogP contribution in [0.4, 0.5) is 0 Å². The maximum absolute atomic E-state index is 12.8. The fraction of sp³-hybridized carbons (Fsp3) is 0.650. The van der Waals surface area contributed by atoms with Crippen LogP contribution >= 0.6 is 0 Å². The molecular formula is C20H32N6O10. The van der Waals surface area contributed by atoms with E-state index in [1.54, 1.807) is 0 Å². The number of nitrogens with one attached hydrogen (secondary N) is 5. The largest absolute Gasteiger partial charge is 0.481 e. The monoisotopic (exact) mass is 516 g/mol. The van der Waals surface area contributed by atoms with Gasteiger partial charge in [0.05, 0.1) is 25.1 Å². The Hall–Kier alpha value is -3.79. The second kappa shape index (κ2) is 13.3. The fourth-order valence-corrected chi connectivity index (χ4v) is 3.11. The number of carboxylic acid groups (broad SMARTS) is 2. The summed E-state index contributed by atoms with van der Waals surface area (Å²) in [6, 6.07) is -3.85. The second-order valence-corrected chi connectivity index (χ2v) is 8.77. The van der Waals surface area contributed by atoms with Crippen LogP contribution in [-0.4, -0.2) is 99.7 Å². The van der Waals surface area contributed by atoms with Crippen LogP contribution in [0.3, 0.4) is 0 Å². The molecule has 36 heavy (non-hydrogen) atoms. The molecule has 0 spiro atoms. The predicted molar refractivity (Wildman–Crippen MR) is 120 cm³/mol. The summed E-state index contributed by atoms with van der Waals surface area (Å²) in [5.41, 5.74) is 3.32. The van der Waals surface area contributed by atoms with Crippen LogP contribution in [0.1, 0.15) is 39.5 Å². The summed E-state index contributed by atoms with van der Waals surface area (Å²) in [4.78, 5) is 83.3. The highest BCUT2D eigenvalue weighted by Gasteiger charge is 2.35. The van der Waals surface area contributed by atoms with E-state index in [4.69, 9.17) is 15.9 Å². The van der Waals surface area contributed by atoms with Crippen molar-refractivity contribution in [1.82, 2.24) is 26.6 Å². The molecule has 16 heteroatoms. The molecule has 1 heterocycles. The van der Waals surface area contributed by atoms with Crippen molar-refractivity contribution in [3.8, 4) is 0 Å². The Morgan fingerprint density at radius 2 is 1.67 bits per heavy atom. The number of aliphatic carboxylic acids is 2. The Kier molecular flexibility index (Phi) is 11.2. The smallest absolute Gasteiger partial charge is 0.328 e. The average Bonchev–Trinajstić information content (AvgIpc) is 3.19. The van der Waals surface area contributed by atoms with Gasteiger partial charge in [0.15, 0.2) is 0 Å². The second-order valence-electron chi connectivity index (χ2n) is 8.77. The number of rotatable bonds is 14. The van der Waals surface area contributed by atoms with Crippen molar-refractivity contribution in [3.63, 3.8) is 0 Å². The van der Waals surface area contributed by atoms with Crippen molar-refractivity contribution in [3.05, 3.63) is 0 Å². The zero-order valence-corrected chi connectivity index (χ0v) is 19.8. The zero-order valence-electron chi connectivity index (χ0n) is 19.8. The van der Waals surface area contributed by atoms with Crippen molar-refractivity contribution < 1.29 is 48.9 Å². The van der Waals surface area contributed by atoms with Gasteiger partial charge in [0.2, 0.25) is 29.5 Å². The van der Waals surface area contributed by atoms with Gasteiger partial charge in [-0.05, 0) is 26.7 Å². The molecule has 0 unspecified atom stereocenters. The minimum Gasteiger partial charge on any atom is -0.481 e. The molecule has 10 N–H and O–H groups in total. The number of hydrogen-bond donors (Lipinski definition) is 9. The van der Waals surface area contributed by atoms with Gasteiger partial charge in [-0.1, -0.05) is 0 Å². The topological polar surface area (TPSA) is 266 Å². The minimum absolute atomic E-state index is 0.156. The summed E-state index contributed by atoms with van der Waals surface area (Å²) in [5.74, 6) is -7.22. The van der Waals surface area contributed by atoms with Crippen molar-refractivity contribution in [2.24, 2.45) is 5.73 Å². The Morgan fingerprint density at radius 3 is 2.17 bits per heavy atom. The molecular weight excluding hydrogens is 484 g/mol. The summed E-state index contributed by atoms with van der Waals surface area (Å²) in [6.07, 6.45) is -2.10. The van der Waals surface area contributed by atoms with Gasteiger partial charge in [-0.2, -0.15) is 0 Å². The van der Waals surface area contributed by atoms with Crippen LogP contribution in [0.15, 0.2) is 0 Å². The lowest BCUT2D eigenvalue weighted by molar-refractivity contribution is -0.147. The first-order chi connectivity index (χ1) is 16.6. The van der Waals surface area contributed by atoms with E-state index >= 15 is 0 Å². The lowest BCUT2D eigenvalue weighted by atomic mass is 10.0. The third kappa shape index (κ3) is 10.2. The molecule has 0 aromatic heterocycles. The average molecular weight is 517 g/mol. The maximum Gasteiger partial charge on any atom is 0.328 e. The number of amides is 5. The number of hydrogen-bond acceptors (Lipinski definition) is 9. The van der Waals surface area contributed by atoms with Gasteiger partial charge in [0, 0.05) is 13.0 Å². The van der Waals surface area contributed by atoms with Crippen molar-refractivity contribution in [1.29, 1.82) is 0 Å². The van der Waals surface area contributed by atoms with E-state index in [0.717, 1.165) is 13.8 Å². The molecule has 4 atom stereocenters. The summed E-state index contributed by atoms with van der Waals surface area (Å²) < 4.78 is 0. The van der Waals surface area contributed by atoms with Gasteiger partial charge < -0.3 is 47.6 Å². The third-order valence-corrected chi connectivity index (χ3v) is 5.16. The van der Waals surface area contributed by atoms with Crippen LogP contribution in [0, 0.1) is 0 Å². The fourth-order valence-electron chi connectivity index (χ4n) is 3.11. The first-order valence-corrected chi connectivity index (χ1v) is 11.0. The summed E-state index contributed by atoms with van der Waals surface area (Å²) in [5, 5.41) is 39.3. The van der Waals surface area contributed by atoms with Gasteiger partial charge in [-0.25, -0.2) is 4.79 Å². The first kappa shape index (κ1) is 30.2. The van der Waals surface area contributed by atoms with Gasteiger partial charge in [0.1, 0.15) is 17.6 Å². The zero-order chi connectivity index (χ0) is 27.6. The van der Waals surface area contributed by atoms with Crippen LogP contribution in [0.25, 0.3) is 0 Å². The summed E-state index contributed by atoms with van der Waals surface area (Å²) in [6.45, 7) is 1.96. The molecule has 1 saturated heterocycles. The SMILES string of the molecule is CC(C)(NC(=O)[C@H](CC(=O)O)NC(=O)[C@H](CCC(N)=O)NC(=O)CNC(=O)[C@@H]1C[C@@H](O)CN1)C(=O)O. The number of carbonyl (C=O) groups excluding carboxylic acids is 5. The number of primary amides is 1. The molecule has 1 rings (SSSR count). The molecule has 1 aliphatic heterocycles. The third-order valence-electron chi connectivity index (χ3n) is 5.16. The normalized spacial score (nSPS) is 18.9. The molecule has 0 aromatic carbocycles. The molecule has 0 saturated carbocycles. The Morgan fingerprint density at radius 1 is 1.03 bits per heavy atom. The number of carboxylic acids is 2. The Bertz CT molecular complexity index is 892. The Labute approximate surface area is 205 Å². The molecule has 0 aliphatic carbocycles. The van der Waals surface area contributed by atoms with Gasteiger partial charge in [0.25, 0.3) is 0 Å². The predicted octanol–water partition coefficient (Wildman–Crippen LogP) is -4.49. The van der Waals surface area contributed by atoms with E-state index in [1.165, 1.54) is 0 Å². The van der Waals surface area contributed by atoms with E-state index < -0.39 is 84.2 Å². The van der Waals surface area contributed by atoms with Crippen LogP contribution in [-0.2, 0) is 33.6 Å². The van der Waals surface area contributed by atoms with Gasteiger partial charge in [-0.3, -0.25) is 28.8 Å². The van der Waals surface area contributed by atoms with Crippen molar-refractivity contribution in [2.75, 3.05) is 13.1 Å². The molecule has 0 bridgehead atoms. The van der Waals surface area contributed by atoms with Crippen LogP contribution < -0.4 is 32.3 Å².